The lowest BCUT2D eigenvalue weighted by atomic mass is 10.1. The molecular weight excluding hydrogens is 319 g/mol. The van der Waals surface area contributed by atoms with Crippen LogP contribution in [-0.4, -0.2) is 6.61 Å². The van der Waals surface area contributed by atoms with Gasteiger partial charge in [-0.3, -0.25) is 4.57 Å². The summed E-state index contributed by atoms with van der Waals surface area (Å²) in [6.07, 6.45) is 7.30. The summed E-state index contributed by atoms with van der Waals surface area (Å²) in [5, 5.41) is 0. The maximum absolute atomic E-state index is 11.0. The predicted molar refractivity (Wildman–Crippen MR) is 64.8 cm³/mol. The van der Waals surface area contributed by atoms with Crippen LogP contribution >= 0.6 is 35.8 Å². The molecule has 0 bridgehead atoms. The van der Waals surface area contributed by atoms with Crippen molar-refractivity contribution < 1.29 is 9.09 Å². The number of rotatable bonds is 8. The second kappa shape index (κ2) is 8.46. The third kappa shape index (κ3) is 13.2. The van der Waals surface area contributed by atoms with Gasteiger partial charge in [0.2, 0.25) is 0 Å². The van der Waals surface area contributed by atoms with E-state index in [1.807, 2.05) is 0 Å². The molecule has 0 fully saturated rings. The summed E-state index contributed by atoms with van der Waals surface area (Å²) in [6.45, 7) is 2.77. The zero-order chi connectivity index (χ0) is 10.2. The lowest BCUT2D eigenvalue weighted by Gasteiger charge is -2.04. The normalized spacial score (nSPS) is 11.9. The first kappa shape index (κ1) is 14.2. The third-order valence-corrected chi connectivity index (χ3v) is 3.45. The van der Waals surface area contributed by atoms with Crippen molar-refractivity contribution in [2.45, 2.75) is 45.4 Å². The fourth-order valence-corrected chi connectivity index (χ4v) is 2.26. The van der Waals surface area contributed by atoms with E-state index in [1.165, 1.54) is 32.1 Å². The molecule has 0 saturated carbocycles. The topological polar surface area (TPSA) is 26.3 Å². The minimum Gasteiger partial charge on any atom is -0.313 e. The van der Waals surface area contributed by atoms with Crippen LogP contribution in [0.3, 0.4) is 0 Å². The molecule has 2 nitrogen and oxygen atoms in total. The van der Waals surface area contributed by atoms with Gasteiger partial charge in [-0.2, -0.15) is 0 Å². The van der Waals surface area contributed by atoms with E-state index in [4.69, 9.17) is 4.52 Å². The van der Waals surface area contributed by atoms with Gasteiger partial charge in [0.1, 0.15) is 0 Å². The SMILES string of the molecule is CCCCCCCCOP(=O)(Br)Br. The molecule has 0 atom stereocenters. The molecule has 0 aliphatic rings. The Morgan fingerprint density at radius 1 is 1.08 bits per heavy atom. The van der Waals surface area contributed by atoms with Gasteiger partial charge in [-0.15, -0.1) is 0 Å². The van der Waals surface area contributed by atoms with Crippen molar-refractivity contribution in [2.75, 3.05) is 6.61 Å². The molecule has 0 aliphatic heterocycles. The summed E-state index contributed by atoms with van der Waals surface area (Å²) in [5.74, 6) is 0. The van der Waals surface area contributed by atoms with Gasteiger partial charge in [0.05, 0.1) is 6.61 Å². The lowest BCUT2D eigenvalue weighted by Crippen LogP contribution is -1.87. The van der Waals surface area contributed by atoms with E-state index in [1.54, 1.807) is 0 Å². The van der Waals surface area contributed by atoms with Crippen molar-refractivity contribution in [3.05, 3.63) is 0 Å². The van der Waals surface area contributed by atoms with Crippen LogP contribution in [0.5, 0.6) is 0 Å². The molecule has 0 amide bonds. The van der Waals surface area contributed by atoms with Crippen molar-refractivity contribution >= 4 is 35.8 Å². The minimum atomic E-state index is -2.60. The second-order valence-electron chi connectivity index (χ2n) is 3.02. The van der Waals surface area contributed by atoms with Gasteiger partial charge in [-0.25, -0.2) is 0 Å². The van der Waals surface area contributed by atoms with Gasteiger partial charge < -0.3 is 4.52 Å². The van der Waals surface area contributed by atoms with E-state index in [0.29, 0.717) is 6.61 Å². The smallest absolute Gasteiger partial charge is 0.313 e. The molecule has 0 aromatic rings. The summed E-state index contributed by atoms with van der Waals surface area (Å²) in [4.78, 5) is 0. The Morgan fingerprint density at radius 2 is 1.62 bits per heavy atom. The van der Waals surface area contributed by atoms with Crippen molar-refractivity contribution in [3.63, 3.8) is 0 Å². The Kier molecular flexibility index (Phi) is 9.21. The van der Waals surface area contributed by atoms with Crippen LogP contribution in [0.1, 0.15) is 45.4 Å². The second-order valence-corrected chi connectivity index (χ2v) is 12.6. The predicted octanol–water partition coefficient (Wildman–Crippen LogP) is 5.26. The van der Waals surface area contributed by atoms with E-state index in [9.17, 15) is 4.57 Å². The zero-order valence-corrected chi connectivity index (χ0v) is 12.0. The fraction of sp³-hybridized carbons (Fsp3) is 1.00. The highest BCUT2D eigenvalue weighted by molar-refractivity contribution is 9.70. The Balaban J connectivity index is 3.04. The van der Waals surface area contributed by atoms with Crippen LogP contribution in [0.15, 0.2) is 0 Å². The number of unbranched alkanes of at least 4 members (excludes halogenated alkanes) is 5. The molecule has 0 saturated heterocycles. The highest BCUT2D eigenvalue weighted by atomic mass is 79.9. The monoisotopic (exact) mass is 334 g/mol. The average molecular weight is 336 g/mol. The van der Waals surface area contributed by atoms with E-state index in [2.05, 4.69) is 37.9 Å². The van der Waals surface area contributed by atoms with Gasteiger partial charge in [0, 0.05) is 31.0 Å². The van der Waals surface area contributed by atoms with Crippen LogP contribution in [0.4, 0.5) is 0 Å². The summed E-state index contributed by atoms with van der Waals surface area (Å²) in [7, 11) is 0. The van der Waals surface area contributed by atoms with Gasteiger partial charge >= 0.3 is 4.77 Å². The van der Waals surface area contributed by atoms with Gasteiger partial charge in [-0.1, -0.05) is 39.0 Å². The molecule has 5 heteroatoms. The summed E-state index contributed by atoms with van der Waals surface area (Å²) in [6, 6.07) is 0. The molecule has 0 aliphatic carbocycles. The van der Waals surface area contributed by atoms with E-state index in [0.717, 1.165) is 6.42 Å². The highest BCUT2D eigenvalue weighted by Gasteiger charge is 2.10. The molecule has 0 aromatic carbocycles. The van der Waals surface area contributed by atoms with Crippen molar-refractivity contribution in [2.24, 2.45) is 0 Å². The van der Waals surface area contributed by atoms with E-state index >= 15 is 0 Å². The van der Waals surface area contributed by atoms with Crippen LogP contribution in [-0.2, 0) is 9.09 Å². The first-order chi connectivity index (χ1) is 6.06. The number of hydrogen-bond donors (Lipinski definition) is 0. The maximum atomic E-state index is 11.0. The van der Waals surface area contributed by atoms with Crippen LogP contribution in [0, 0.1) is 0 Å². The Labute approximate surface area is 96.7 Å². The molecule has 0 spiro atoms. The highest BCUT2D eigenvalue weighted by Crippen LogP contribution is 2.62. The van der Waals surface area contributed by atoms with E-state index < -0.39 is 4.77 Å². The van der Waals surface area contributed by atoms with Gasteiger partial charge in [0.25, 0.3) is 0 Å². The number of halogens is 2. The zero-order valence-electron chi connectivity index (χ0n) is 7.97. The van der Waals surface area contributed by atoms with Crippen LogP contribution in [0.2, 0.25) is 0 Å². The number of hydrogen-bond acceptors (Lipinski definition) is 2. The molecular formula is C8H17Br2O2P. The Hall–Kier alpha value is 1.15. The molecule has 0 N–H and O–H groups in total. The summed E-state index contributed by atoms with van der Waals surface area (Å²) in [5.41, 5.74) is 0. The fourth-order valence-electron chi connectivity index (χ4n) is 1.05. The van der Waals surface area contributed by atoms with Gasteiger partial charge in [0.15, 0.2) is 0 Å². The van der Waals surface area contributed by atoms with Crippen LogP contribution in [0.25, 0.3) is 0 Å². The van der Waals surface area contributed by atoms with Crippen molar-refractivity contribution in [3.8, 4) is 0 Å². The molecule has 0 rings (SSSR count). The quantitative estimate of drug-likeness (QED) is 0.446. The largest absolute Gasteiger partial charge is 0.328 e. The maximum Gasteiger partial charge on any atom is 0.328 e. The first-order valence-corrected chi connectivity index (χ1v) is 10.4. The Bertz CT molecular complexity index is 158. The minimum absolute atomic E-state index is 0.569. The van der Waals surface area contributed by atoms with E-state index in [-0.39, 0.29) is 0 Å². The molecule has 0 aromatic heterocycles. The summed E-state index contributed by atoms with van der Waals surface area (Å²) < 4.78 is 13.4. The molecule has 0 heterocycles. The first-order valence-electron chi connectivity index (χ1n) is 4.70. The standard InChI is InChI=1S/C8H17Br2O2P/c1-2-3-4-5-6-7-8-12-13(9,10)11/h2-8H2,1H3. The van der Waals surface area contributed by atoms with Crippen molar-refractivity contribution in [1.29, 1.82) is 0 Å². The molecule has 0 radical (unpaired) electrons. The van der Waals surface area contributed by atoms with Crippen LogP contribution < -0.4 is 0 Å². The van der Waals surface area contributed by atoms with Gasteiger partial charge in [-0.05, 0) is 6.42 Å². The third-order valence-electron chi connectivity index (χ3n) is 1.74. The lowest BCUT2D eigenvalue weighted by molar-refractivity contribution is 0.323. The molecule has 13 heavy (non-hydrogen) atoms. The molecule has 80 valence electrons. The van der Waals surface area contributed by atoms with Crippen molar-refractivity contribution in [1.82, 2.24) is 0 Å². The Morgan fingerprint density at radius 3 is 2.15 bits per heavy atom. The molecule has 0 unspecified atom stereocenters. The average Bonchev–Trinajstić information content (AvgIpc) is 2.01. The summed E-state index contributed by atoms with van der Waals surface area (Å²) >= 11 is 5.85.